The molecule has 1 saturated heterocycles. The second-order valence-corrected chi connectivity index (χ2v) is 7.21. The van der Waals surface area contributed by atoms with Gasteiger partial charge in [-0.15, -0.1) is 11.3 Å². The van der Waals surface area contributed by atoms with Crippen molar-refractivity contribution in [1.29, 1.82) is 0 Å². The van der Waals surface area contributed by atoms with Crippen LogP contribution in [0.25, 0.3) is 0 Å². The Morgan fingerprint density at radius 2 is 2.33 bits per heavy atom. The molecule has 0 spiro atoms. The summed E-state index contributed by atoms with van der Waals surface area (Å²) in [4.78, 5) is 5.84. The Balaban J connectivity index is 1.74. The summed E-state index contributed by atoms with van der Waals surface area (Å²) in [6.07, 6.45) is 4.51. The van der Waals surface area contributed by atoms with Gasteiger partial charge in [-0.25, -0.2) is 4.98 Å². The van der Waals surface area contributed by atoms with Crippen LogP contribution in [0, 0.1) is 5.92 Å². The molecule has 1 aliphatic rings. The quantitative estimate of drug-likeness (QED) is 0.911. The molecule has 2 heterocycles. The first-order valence-corrected chi connectivity index (χ1v) is 7.61. The summed E-state index contributed by atoms with van der Waals surface area (Å²) in [6, 6.07) is 0. The zero-order valence-corrected chi connectivity index (χ0v) is 12.5. The van der Waals surface area contributed by atoms with Crippen LogP contribution in [0.15, 0.2) is 6.20 Å². The third-order valence-corrected chi connectivity index (χ3v) is 4.61. The summed E-state index contributed by atoms with van der Waals surface area (Å²) in [7, 11) is 0. The van der Waals surface area contributed by atoms with Crippen molar-refractivity contribution in [1.82, 2.24) is 10.3 Å². The van der Waals surface area contributed by atoms with Crippen LogP contribution in [-0.2, 0) is 16.7 Å². The predicted octanol–water partition coefficient (Wildman–Crippen LogP) is 2.96. The van der Waals surface area contributed by atoms with Crippen LogP contribution in [0.4, 0.5) is 0 Å². The highest BCUT2D eigenvalue weighted by Gasteiger charge is 2.18. The van der Waals surface area contributed by atoms with E-state index in [1.165, 1.54) is 22.7 Å². The zero-order chi connectivity index (χ0) is 13.0. The number of hydrogen-bond donors (Lipinski definition) is 1. The Morgan fingerprint density at radius 3 is 2.94 bits per heavy atom. The van der Waals surface area contributed by atoms with Crippen molar-refractivity contribution in [3.63, 3.8) is 0 Å². The molecule has 4 heteroatoms. The van der Waals surface area contributed by atoms with E-state index in [0.29, 0.717) is 5.92 Å². The van der Waals surface area contributed by atoms with E-state index in [9.17, 15) is 0 Å². The number of rotatable bonds is 4. The Hall–Kier alpha value is -0.450. The number of nitrogens with zero attached hydrogens (tertiary/aromatic N) is 1. The van der Waals surface area contributed by atoms with Crippen LogP contribution in [0.5, 0.6) is 0 Å². The average Bonchev–Trinajstić information content (AvgIpc) is 2.79. The normalized spacial score (nSPS) is 21.2. The lowest BCUT2D eigenvalue weighted by atomic mass is 9.98. The van der Waals surface area contributed by atoms with Crippen LogP contribution in [0.1, 0.15) is 43.5 Å². The molecular weight excluding hydrogens is 244 g/mol. The van der Waals surface area contributed by atoms with Gasteiger partial charge in [0.2, 0.25) is 0 Å². The zero-order valence-electron chi connectivity index (χ0n) is 11.7. The Labute approximate surface area is 114 Å². The van der Waals surface area contributed by atoms with E-state index in [4.69, 9.17) is 4.74 Å². The maximum absolute atomic E-state index is 5.48. The Kier molecular flexibility index (Phi) is 4.76. The highest BCUT2D eigenvalue weighted by Crippen LogP contribution is 2.26. The lowest BCUT2D eigenvalue weighted by Gasteiger charge is -2.22. The van der Waals surface area contributed by atoms with Crippen molar-refractivity contribution in [2.45, 2.75) is 45.6 Å². The summed E-state index contributed by atoms with van der Waals surface area (Å²) >= 11 is 1.82. The molecule has 102 valence electrons. The number of hydrogen-bond acceptors (Lipinski definition) is 4. The molecule has 2 rings (SSSR count). The third-order valence-electron chi connectivity index (χ3n) is 3.18. The molecular formula is C14H24N2OS. The van der Waals surface area contributed by atoms with Gasteiger partial charge in [0.05, 0.1) is 11.6 Å². The fourth-order valence-electron chi connectivity index (χ4n) is 2.10. The smallest absolute Gasteiger partial charge is 0.0981 e. The van der Waals surface area contributed by atoms with Crippen molar-refractivity contribution in [3.05, 3.63) is 16.1 Å². The molecule has 1 aromatic rings. The molecule has 1 aliphatic heterocycles. The molecule has 1 atom stereocenters. The molecule has 1 N–H and O–H groups in total. The van der Waals surface area contributed by atoms with Gasteiger partial charge in [-0.3, -0.25) is 0 Å². The molecule has 18 heavy (non-hydrogen) atoms. The number of ether oxygens (including phenoxy) is 1. The third kappa shape index (κ3) is 4.04. The Morgan fingerprint density at radius 1 is 1.50 bits per heavy atom. The van der Waals surface area contributed by atoms with Crippen molar-refractivity contribution in [3.8, 4) is 0 Å². The summed E-state index contributed by atoms with van der Waals surface area (Å²) in [5.41, 5.74) is 0.167. The maximum atomic E-state index is 5.48. The average molecular weight is 268 g/mol. The molecule has 0 saturated carbocycles. The SMILES string of the molecule is CC(C)(C)c1ncc(CNCC2CCCOC2)s1. The predicted molar refractivity (Wildman–Crippen MR) is 76.1 cm³/mol. The fraction of sp³-hybridized carbons (Fsp3) is 0.786. The molecule has 1 fully saturated rings. The second kappa shape index (κ2) is 6.13. The molecule has 3 nitrogen and oxygen atoms in total. The molecule has 0 amide bonds. The van der Waals surface area contributed by atoms with Gasteiger partial charge in [0.1, 0.15) is 0 Å². The van der Waals surface area contributed by atoms with Gasteiger partial charge in [0.15, 0.2) is 0 Å². The Bertz CT molecular complexity index is 364. The minimum absolute atomic E-state index is 0.167. The lowest BCUT2D eigenvalue weighted by molar-refractivity contribution is 0.0548. The largest absolute Gasteiger partial charge is 0.381 e. The first-order chi connectivity index (χ1) is 8.55. The maximum Gasteiger partial charge on any atom is 0.0981 e. The molecule has 1 unspecified atom stereocenters. The molecule has 0 aromatic carbocycles. The van der Waals surface area contributed by atoms with Crippen LogP contribution in [0.3, 0.4) is 0 Å². The summed E-state index contributed by atoms with van der Waals surface area (Å²) in [5, 5.41) is 4.75. The molecule has 0 aliphatic carbocycles. The van der Waals surface area contributed by atoms with Crippen molar-refractivity contribution >= 4 is 11.3 Å². The van der Waals surface area contributed by atoms with E-state index < -0.39 is 0 Å². The molecule has 0 bridgehead atoms. The van der Waals surface area contributed by atoms with E-state index in [1.54, 1.807) is 0 Å². The van der Waals surface area contributed by atoms with E-state index in [1.807, 2.05) is 17.5 Å². The van der Waals surface area contributed by atoms with Crippen LogP contribution < -0.4 is 5.32 Å². The van der Waals surface area contributed by atoms with Crippen molar-refractivity contribution < 1.29 is 4.74 Å². The standard InChI is InChI=1S/C14H24N2OS/c1-14(2,3)13-16-9-12(18-13)8-15-7-11-5-4-6-17-10-11/h9,11,15H,4-8,10H2,1-3H3. The van der Waals surface area contributed by atoms with E-state index >= 15 is 0 Å². The van der Waals surface area contributed by atoms with Gasteiger partial charge in [-0.05, 0) is 18.8 Å². The first-order valence-electron chi connectivity index (χ1n) is 6.79. The second-order valence-electron chi connectivity index (χ2n) is 6.10. The van der Waals surface area contributed by atoms with Crippen molar-refractivity contribution in [2.24, 2.45) is 5.92 Å². The van der Waals surface area contributed by atoms with Gasteiger partial charge in [-0.1, -0.05) is 20.8 Å². The van der Waals surface area contributed by atoms with Crippen LogP contribution in [-0.4, -0.2) is 24.7 Å². The lowest BCUT2D eigenvalue weighted by Crippen LogP contribution is -2.28. The minimum atomic E-state index is 0.167. The molecule has 1 aromatic heterocycles. The van der Waals surface area contributed by atoms with E-state index in [-0.39, 0.29) is 5.41 Å². The van der Waals surface area contributed by atoms with Crippen LogP contribution in [0.2, 0.25) is 0 Å². The van der Waals surface area contributed by atoms with Gasteiger partial charge >= 0.3 is 0 Å². The number of thiazole rings is 1. The van der Waals surface area contributed by atoms with E-state index in [0.717, 1.165) is 26.3 Å². The first kappa shape index (κ1) is 14.0. The van der Waals surface area contributed by atoms with Gasteiger partial charge in [0, 0.05) is 36.2 Å². The highest BCUT2D eigenvalue weighted by molar-refractivity contribution is 7.11. The van der Waals surface area contributed by atoms with Gasteiger partial charge < -0.3 is 10.1 Å². The van der Waals surface area contributed by atoms with Crippen LogP contribution >= 0.6 is 11.3 Å². The summed E-state index contributed by atoms with van der Waals surface area (Å²) in [5.74, 6) is 0.689. The minimum Gasteiger partial charge on any atom is -0.381 e. The van der Waals surface area contributed by atoms with Gasteiger partial charge in [-0.2, -0.15) is 0 Å². The summed E-state index contributed by atoms with van der Waals surface area (Å²) < 4.78 is 5.48. The number of nitrogens with one attached hydrogen (secondary N) is 1. The summed E-state index contributed by atoms with van der Waals surface area (Å²) in [6.45, 7) is 10.5. The van der Waals surface area contributed by atoms with Crippen molar-refractivity contribution in [2.75, 3.05) is 19.8 Å². The van der Waals surface area contributed by atoms with E-state index in [2.05, 4.69) is 31.1 Å². The van der Waals surface area contributed by atoms with Gasteiger partial charge in [0.25, 0.3) is 0 Å². The topological polar surface area (TPSA) is 34.2 Å². The number of aromatic nitrogens is 1. The molecule has 0 radical (unpaired) electrons. The fourth-order valence-corrected chi connectivity index (χ4v) is 3.04. The highest BCUT2D eigenvalue weighted by atomic mass is 32.1. The monoisotopic (exact) mass is 268 g/mol.